The van der Waals surface area contributed by atoms with E-state index in [1.54, 1.807) is 49.5 Å². The van der Waals surface area contributed by atoms with E-state index in [9.17, 15) is 14.0 Å². The molecule has 0 atom stereocenters. The van der Waals surface area contributed by atoms with E-state index in [-0.39, 0.29) is 17.8 Å². The second-order valence-electron chi connectivity index (χ2n) is 10.7. The van der Waals surface area contributed by atoms with Crippen molar-refractivity contribution in [2.45, 2.75) is 32.1 Å². The van der Waals surface area contributed by atoms with E-state index >= 15 is 0 Å². The number of carbonyl (C=O) groups excluding carboxylic acids is 2. The van der Waals surface area contributed by atoms with Crippen LogP contribution in [0.3, 0.4) is 0 Å². The van der Waals surface area contributed by atoms with Gasteiger partial charge in [0.2, 0.25) is 0 Å². The quantitative estimate of drug-likeness (QED) is 0.329. The van der Waals surface area contributed by atoms with Gasteiger partial charge >= 0.3 is 6.03 Å². The fraction of sp³-hybridized carbons (Fsp3) is 0.375. The zero-order valence-corrected chi connectivity index (χ0v) is 23.4. The summed E-state index contributed by atoms with van der Waals surface area (Å²) in [7, 11) is 1.58. The lowest BCUT2D eigenvalue weighted by atomic mass is 9.89. The summed E-state index contributed by atoms with van der Waals surface area (Å²) in [6.07, 6.45) is 6.67. The van der Waals surface area contributed by atoms with Crippen LogP contribution >= 0.6 is 0 Å². The number of piperazine rings is 1. The predicted molar refractivity (Wildman–Crippen MR) is 156 cm³/mol. The first kappa shape index (κ1) is 28.4. The topological polar surface area (TPSA) is 83.1 Å². The monoisotopic (exact) mass is 560 g/mol. The summed E-state index contributed by atoms with van der Waals surface area (Å²) in [6.45, 7) is 4.22. The molecule has 0 spiro atoms. The first-order valence-electron chi connectivity index (χ1n) is 14.3. The van der Waals surface area contributed by atoms with E-state index in [1.807, 2.05) is 4.90 Å². The lowest BCUT2D eigenvalue weighted by Gasteiger charge is -2.37. The van der Waals surface area contributed by atoms with E-state index < -0.39 is 0 Å². The van der Waals surface area contributed by atoms with E-state index in [0.717, 1.165) is 25.6 Å². The molecule has 2 aliphatic rings. The molecule has 41 heavy (non-hydrogen) atoms. The molecule has 1 saturated heterocycles. The number of carbonyl (C=O) groups is 2. The first-order chi connectivity index (χ1) is 19.9. The lowest BCUT2D eigenvalue weighted by Crippen LogP contribution is -2.51. The predicted octanol–water partition coefficient (Wildman–Crippen LogP) is 6.50. The highest BCUT2D eigenvalue weighted by Gasteiger charge is 2.24. The van der Waals surface area contributed by atoms with Crippen LogP contribution in [0.25, 0.3) is 0 Å². The third kappa shape index (κ3) is 7.98. The standard InChI is InChI=1S/C32H37FN4O4/c1-34-31(38)24-7-11-27(12-8-24)40-29-19-26(20-30(21-29)41-28-13-9-25(33)10-14-28)35-32(39)37-17-15-36(16-18-37)22-23-5-3-2-4-6-23/h7-14,19-21,23H,2-6,15-18,22H2,1H3,(H,34,38)(H,35,39). The molecule has 8 nitrogen and oxygen atoms in total. The van der Waals surface area contributed by atoms with Crippen LogP contribution in [0.5, 0.6) is 23.0 Å². The van der Waals surface area contributed by atoms with Crippen molar-refractivity contribution in [1.82, 2.24) is 15.1 Å². The number of urea groups is 1. The van der Waals surface area contributed by atoms with E-state index in [2.05, 4.69) is 15.5 Å². The Hall–Kier alpha value is -4.11. The minimum atomic E-state index is -0.360. The number of amides is 3. The van der Waals surface area contributed by atoms with Crippen LogP contribution < -0.4 is 20.1 Å². The van der Waals surface area contributed by atoms with Gasteiger partial charge in [0.1, 0.15) is 28.8 Å². The van der Waals surface area contributed by atoms with Crippen LogP contribution in [0, 0.1) is 11.7 Å². The van der Waals surface area contributed by atoms with Crippen molar-refractivity contribution in [3.63, 3.8) is 0 Å². The van der Waals surface area contributed by atoms with Gasteiger partial charge in [0.05, 0.1) is 0 Å². The average molecular weight is 561 g/mol. The Morgan fingerprint density at radius 2 is 1.39 bits per heavy atom. The fourth-order valence-corrected chi connectivity index (χ4v) is 5.43. The number of hydrogen-bond donors (Lipinski definition) is 2. The number of nitrogens with one attached hydrogen (secondary N) is 2. The molecule has 1 aliphatic carbocycles. The van der Waals surface area contributed by atoms with Crippen molar-refractivity contribution in [1.29, 1.82) is 0 Å². The Bertz CT molecular complexity index is 1320. The molecular formula is C32H37FN4O4. The number of ether oxygens (including phenoxy) is 2. The van der Waals surface area contributed by atoms with Gasteiger partial charge in [-0.3, -0.25) is 9.69 Å². The Morgan fingerprint density at radius 3 is 1.98 bits per heavy atom. The SMILES string of the molecule is CNC(=O)c1ccc(Oc2cc(NC(=O)N3CCN(CC4CCCCC4)CC3)cc(Oc3ccc(F)cc3)c2)cc1. The zero-order valence-electron chi connectivity index (χ0n) is 23.4. The van der Waals surface area contributed by atoms with Crippen molar-refractivity contribution in [3.05, 3.63) is 78.1 Å². The van der Waals surface area contributed by atoms with Crippen molar-refractivity contribution in [3.8, 4) is 23.0 Å². The number of benzene rings is 3. The molecule has 9 heteroatoms. The molecule has 0 unspecified atom stereocenters. The van der Waals surface area contributed by atoms with Gasteiger partial charge in [-0.1, -0.05) is 19.3 Å². The number of halogens is 1. The molecule has 3 aromatic rings. The second-order valence-corrected chi connectivity index (χ2v) is 10.7. The van der Waals surface area contributed by atoms with Crippen LogP contribution in [0.2, 0.25) is 0 Å². The van der Waals surface area contributed by atoms with Crippen LogP contribution in [0.4, 0.5) is 14.9 Å². The highest BCUT2D eigenvalue weighted by molar-refractivity contribution is 5.94. The van der Waals surface area contributed by atoms with Crippen molar-refractivity contribution >= 4 is 17.6 Å². The molecule has 3 aromatic carbocycles. The van der Waals surface area contributed by atoms with Gasteiger partial charge in [-0.15, -0.1) is 0 Å². The van der Waals surface area contributed by atoms with Crippen LogP contribution in [0.15, 0.2) is 66.7 Å². The van der Waals surface area contributed by atoms with Gasteiger partial charge < -0.3 is 25.0 Å². The summed E-state index contributed by atoms with van der Waals surface area (Å²) >= 11 is 0. The molecule has 0 aromatic heterocycles. The first-order valence-corrected chi connectivity index (χ1v) is 14.3. The van der Waals surface area contributed by atoms with Crippen molar-refractivity contribution in [2.75, 3.05) is 45.1 Å². The largest absolute Gasteiger partial charge is 0.457 e. The van der Waals surface area contributed by atoms with E-state index in [1.165, 1.54) is 56.4 Å². The van der Waals surface area contributed by atoms with Gasteiger partial charge in [0, 0.05) is 69.2 Å². The summed E-state index contributed by atoms with van der Waals surface area (Å²) in [5, 5.41) is 5.59. The Kier molecular flexibility index (Phi) is 9.36. The Morgan fingerprint density at radius 1 is 0.805 bits per heavy atom. The number of hydrogen-bond acceptors (Lipinski definition) is 5. The highest BCUT2D eigenvalue weighted by Crippen LogP contribution is 2.33. The summed E-state index contributed by atoms with van der Waals surface area (Å²) in [5.41, 5.74) is 1.02. The molecule has 2 fully saturated rings. The smallest absolute Gasteiger partial charge is 0.321 e. The molecule has 2 N–H and O–H groups in total. The average Bonchev–Trinajstić information content (AvgIpc) is 2.99. The summed E-state index contributed by atoms with van der Waals surface area (Å²) in [4.78, 5) is 29.4. The minimum absolute atomic E-state index is 0.179. The van der Waals surface area contributed by atoms with Crippen LogP contribution in [-0.4, -0.2) is 61.5 Å². The maximum absolute atomic E-state index is 13.4. The molecule has 0 bridgehead atoms. The molecule has 1 heterocycles. The second kappa shape index (κ2) is 13.5. The van der Waals surface area contributed by atoms with Crippen LogP contribution in [0.1, 0.15) is 42.5 Å². The molecule has 216 valence electrons. The third-order valence-corrected chi connectivity index (χ3v) is 7.66. The Labute approximate surface area is 240 Å². The molecule has 5 rings (SSSR count). The van der Waals surface area contributed by atoms with Crippen LogP contribution in [-0.2, 0) is 0 Å². The highest BCUT2D eigenvalue weighted by atomic mass is 19.1. The zero-order chi connectivity index (χ0) is 28.6. The van der Waals surface area contributed by atoms with E-state index in [4.69, 9.17) is 9.47 Å². The van der Waals surface area contributed by atoms with Crippen molar-refractivity contribution in [2.24, 2.45) is 5.92 Å². The fourth-order valence-electron chi connectivity index (χ4n) is 5.43. The number of rotatable bonds is 8. The normalized spacial score (nSPS) is 16.2. The molecular weight excluding hydrogens is 523 g/mol. The van der Waals surface area contributed by atoms with E-state index in [0.29, 0.717) is 47.3 Å². The van der Waals surface area contributed by atoms with Gasteiger partial charge in [-0.25, -0.2) is 9.18 Å². The van der Waals surface area contributed by atoms with Gasteiger partial charge in [-0.05, 0) is 67.3 Å². The summed E-state index contributed by atoms with van der Waals surface area (Å²) in [6, 6.07) is 17.4. The molecule has 1 aliphatic heterocycles. The Balaban J connectivity index is 1.26. The van der Waals surface area contributed by atoms with Gasteiger partial charge in [0.25, 0.3) is 5.91 Å². The lowest BCUT2D eigenvalue weighted by molar-refractivity contribution is 0.0963. The molecule has 3 amide bonds. The van der Waals surface area contributed by atoms with Gasteiger partial charge in [0.15, 0.2) is 0 Å². The summed E-state index contributed by atoms with van der Waals surface area (Å²) < 4.78 is 25.4. The molecule has 0 radical (unpaired) electrons. The maximum Gasteiger partial charge on any atom is 0.321 e. The molecule has 1 saturated carbocycles. The maximum atomic E-state index is 13.4. The van der Waals surface area contributed by atoms with Gasteiger partial charge in [-0.2, -0.15) is 0 Å². The number of nitrogens with zero attached hydrogens (tertiary/aromatic N) is 2. The minimum Gasteiger partial charge on any atom is -0.457 e. The third-order valence-electron chi connectivity index (χ3n) is 7.66. The summed E-state index contributed by atoms with van der Waals surface area (Å²) in [5.74, 6) is 2.06. The number of anilines is 1. The van der Waals surface area contributed by atoms with Crippen molar-refractivity contribution < 1.29 is 23.5 Å².